The fraction of sp³-hybridized carbons (Fsp3) is 0.222. The number of carbonyl (C=O) groups excluding carboxylic acids is 2. The van der Waals surface area contributed by atoms with E-state index in [2.05, 4.69) is 21.2 Å². The van der Waals surface area contributed by atoms with Crippen molar-refractivity contribution in [2.75, 3.05) is 13.6 Å². The second kappa shape index (κ2) is 7.92. The Labute approximate surface area is 144 Å². The van der Waals surface area contributed by atoms with Gasteiger partial charge in [-0.2, -0.15) is 0 Å². The van der Waals surface area contributed by atoms with E-state index in [9.17, 15) is 9.59 Å². The van der Waals surface area contributed by atoms with Crippen LogP contribution in [0.1, 0.15) is 21.5 Å². The Bertz CT molecular complexity index is 716. The van der Waals surface area contributed by atoms with Gasteiger partial charge in [0.1, 0.15) is 0 Å². The van der Waals surface area contributed by atoms with E-state index in [1.165, 1.54) is 0 Å². The lowest BCUT2D eigenvalue weighted by molar-refractivity contribution is -0.129. The molecule has 23 heavy (non-hydrogen) atoms. The van der Waals surface area contributed by atoms with E-state index in [4.69, 9.17) is 0 Å². The Kier molecular flexibility index (Phi) is 5.93. The fourth-order valence-electron chi connectivity index (χ4n) is 2.15. The molecular weight excluding hydrogens is 356 g/mol. The zero-order valence-corrected chi connectivity index (χ0v) is 14.8. The van der Waals surface area contributed by atoms with Crippen LogP contribution < -0.4 is 5.32 Å². The Morgan fingerprint density at radius 3 is 2.57 bits per heavy atom. The van der Waals surface area contributed by atoms with Crippen LogP contribution in [0.2, 0.25) is 0 Å². The summed E-state index contributed by atoms with van der Waals surface area (Å²) in [5.74, 6) is -0.377. The first-order valence-corrected chi connectivity index (χ1v) is 8.09. The minimum atomic E-state index is -0.239. The standard InChI is InChI=1S/C18H19BrN2O2/c1-13-6-5-8-14(10-13)18(23)20-11-17(22)21(2)12-15-7-3-4-9-16(15)19/h3-10H,11-12H2,1-2H3,(H,20,23). The summed E-state index contributed by atoms with van der Waals surface area (Å²) < 4.78 is 0.962. The normalized spacial score (nSPS) is 10.2. The third-order valence-corrected chi connectivity index (χ3v) is 4.25. The minimum absolute atomic E-state index is 0.0201. The van der Waals surface area contributed by atoms with Gasteiger partial charge in [0.05, 0.1) is 6.54 Å². The number of halogens is 1. The lowest BCUT2D eigenvalue weighted by Gasteiger charge is -2.18. The van der Waals surface area contributed by atoms with Crippen LogP contribution in [0.25, 0.3) is 0 Å². The quantitative estimate of drug-likeness (QED) is 0.873. The lowest BCUT2D eigenvalue weighted by atomic mass is 10.1. The highest BCUT2D eigenvalue weighted by Crippen LogP contribution is 2.17. The van der Waals surface area contributed by atoms with Crippen LogP contribution in [-0.4, -0.2) is 30.3 Å². The van der Waals surface area contributed by atoms with Crippen molar-refractivity contribution < 1.29 is 9.59 Å². The average Bonchev–Trinajstić information content (AvgIpc) is 2.54. The average molecular weight is 375 g/mol. The third kappa shape index (κ3) is 4.93. The maximum absolute atomic E-state index is 12.2. The van der Waals surface area contributed by atoms with Crippen LogP contribution >= 0.6 is 15.9 Å². The monoisotopic (exact) mass is 374 g/mol. The van der Waals surface area contributed by atoms with Gasteiger partial charge in [-0.05, 0) is 30.7 Å². The molecule has 2 aromatic rings. The molecule has 0 aliphatic rings. The molecule has 0 atom stereocenters. The van der Waals surface area contributed by atoms with Crippen LogP contribution in [-0.2, 0) is 11.3 Å². The van der Waals surface area contributed by atoms with Crippen molar-refractivity contribution in [1.29, 1.82) is 0 Å². The van der Waals surface area contributed by atoms with E-state index >= 15 is 0 Å². The predicted molar refractivity (Wildman–Crippen MR) is 94.1 cm³/mol. The molecule has 5 heteroatoms. The number of rotatable bonds is 5. The highest BCUT2D eigenvalue weighted by Gasteiger charge is 2.13. The molecule has 0 bridgehead atoms. The zero-order chi connectivity index (χ0) is 16.8. The molecule has 2 aromatic carbocycles. The molecule has 0 saturated carbocycles. The summed E-state index contributed by atoms with van der Waals surface area (Å²) in [6.07, 6.45) is 0. The van der Waals surface area contributed by atoms with Gasteiger partial charge in [-0.1, -0.05) is 51.8 Å². The van der Waals surface area contributed by atoms with Crippen molar-refractivity contribution in [2.45, 2.75) is 13.5 Å². The Morgan fingerprint density at radius 2 is 1.87 bits per heavy atom. The first-order valence-electron chi connectivity index (χ1n) is 7.29. The number of aryl methyl sites for hydroxylation is 1. The van der Waals surface area contributed by atoms with Gasteiger partial charge in [-0.25, -0.2) is 0 Å². The summed E-state index contributed by atoms with van der Waals surface area (Å²) in [6, 6.07) is 15.0. The van der Waals surface area contributed by atoms with E-state index in [-0.39, 0.29) is 18.4 Å². The summed E-state index contributed by atoms with van der Waals surface area (Å²) in [6.45, 7) is 2.39. The number of nitrogens with zero attached hydrogens (tertiary/aromatic N) is 1. The van der Waals surface area contributed by atoms with Crippen LogP contribution in [0.4, 0.5) is 0 Å². The molecule has 0 saturated heterocycles. The van der Waals surface area contributed by atoms with Gasteiger partial charge in [0, 0.05) is 23.6 Å². The SMILES string of the molecule is Cc1cccc(C(=O)NCC(=O)N(C)Cc2ccccc2Br)c1. The first-order chi connectivity index (χ1) is 11.0. The summed E-state index contributed by atoms with van der Waals surface area (Å²) >= 11 is 3.47. The Balaban J connectivity index is 1.89. The largest absolute Gasteiger partial charge is 0.343 e. The maximum Gasteiger partial charge on any atom is 0.251 e. The number of amides is 2. The molecule has 0 fully saturated rings. The van der Waals surface area contributed by atoms with Gasteiger partial charge < -0.3 is 10.2 Å². The zero-order valence-electron chi connectivity index (χ0n) is 13.2. The molecule has 0 spiro atoms. The highest BCUT2D eigenvalue weighted by molar-refractivity contribution is 9.10. The number of nitrogens with one attached hydrogen (secondary N) is 1. The first kappa shape index (κ1) is 17.2. The Morgan fingerprint density at radius 1 is 1.13 bits per heavy atom. The fourth-order valence-corrected chi connectivity index (χ4v) is 2.56. The maximum atomic E-state index is 12.2. The molecule has 4 nitrogen and oxygen atoms in total. The van der Waals surface area contributed by atoms with E-state index in [0.717, 1.165) is 15.6 Å². The Hall–Kier alpha value is -2.14. The molecule has 0 aliphatic heterocycles. The summed E-state index contributed by atoms with van der Waals surface area (Å²) in [5.41, 5.74) is 2.59. The van der Waals surface area contributed by atoms with Crippen molar-refractivity contribution in [2.24, 2.45) is 0 Å². The van der Waals surface area contributed by atoms with Gasteiger partial charge in [0.25, 0.3) is 5.91 Å². The van der Waals surface area contributed by atoms with Gasteiger partial charge in [0.15, 0.2) is 0 Å². The van der Waals surface area contributed by atoms with Crippen molar-refractivity contribution in [1.82, 2.24) is 10.2 Å². The van der Waals surface area contributed by atoms with E-state index in [1.54, 1.807) is 24.1 Å². The smallest absolute Gasteiger partial charge is 0.251 e. The lowest BCUT2D eigenvalue weighted by Crippen LogP contribution is -2.37. The highest BCUT2D eigenvalue weighted by atomic mass is 79.9. The summed E-state index contributed by atoms with van der Waals surface area (Å²) in [4.78, 5) is 25.8. The molecule has 1 N–H and O–H groups in total. The van der Waals surface area contributed by atoms with Crippen LogP contribution in [0, 0.1) is 6.92 Å². The molecule has 0 heterocycles. The van der Waals surface area contributed by atoms with Gasteiger partial charge in [0.2, 0.25) is 5.91 Å². The molecule has 0 aromatic heterocycles. The number of benzene rings is 2. The van der Waals surface area contributed by atoms with Gasteiger partial charge >= 0.3 is 0 Å². The van der Waals surface area contributed by atoms with Crippen molar-refractivity contribution in [3.05, 3.63) is 69.7 Å². The van der Waals surface area contributed by atoms with Crippen LogP contribution in [0.15, 0.2) is 53.0 Å². The van der Waals surface area contributed by atoms with Crippen molar-refractivity contribution >= 4 is 27.7 Å². The van der Waals surface area contributed by atoms with Gasteiger partial charge in [-0.3, -0.25) is 9.59 Å². The van der Waals surface area contributed by atoms with E-state index in [1.807, 2.05) is 43.3 Å². The summed E-state index contributed by atoms with van der Waals surface area (Å²) in [7, 11) is 1.72. The minimum Gasteiger partial charge on any atom is -0.343 e. The molecule has 2 rings (SSSR count). The van der Waals surface area contributed by atoms with Crippen LogP contribution in [0.3, 0.4) is 0 Å². The topological polar surface area (TPSA) is 49.4 Å². The molecule has 0 unspecified atom stereocenters. The number of carbonyl (C=O) groups is 2. The molecule has 0 radical (unpaired) electrons. The number of likely N-dealkylation sites (N-methyl/N-ethyl adjacent to an activating group) is 1. The second-order valence-corrected chi connectivity index (χ2v) is 6.25. The molecule has 120 valence electrons. The molecule has 2 amide bonds. The number of hydrogen-bond donors (Lipinski definition) is 1. The van der Waals surface area contributed by atoms with Crippen molar-refractivity contribution in [3.63, 3.8) is 0 Å². The van der Waals surface area contributed by atoms with Crippen LogP contribution in [0.5, 0.6) is 0 Å². The number of hydrogen-bond acceptors (Lipinski definition) is 2. The second-order valence-electron chi connectivity index (χ2n) is 5.39. The van der Waals surface area contributed by atoms with E-state index in [0.29, 0.717) is 12.1 Å². The van der Waals surface area contributed by atoms with Gasteiger partial charge in [-0.15, -0.1) is 0 Å². The molecular formula is C18H19BrN2O2. The van der Waals surface area contributed by atoms with Crippen molar-refractivity contribution in [3.8, 4) is 0 Å². The third-order valence-electron chi connectivity index (χ3n) is 3.47. The summed E-state index contributed by atoms with van der Waals surface area (Å²) in [5, 5.41) is 2.67. The van der Waals surface area contributed by atoms with E-state index < -0.39 is 0 Å². The predicted octanol–water partition coefficient (Wildman–Crippen LogP) is 3.15. The molecule has 0 aliphatic carbocycles.